The lowest BCUT2D eigenvalue weighted by Crippen LogP contribution is -2.26. The summed E-state index contributed by atoms with van der Waals surface area (Å²) in [5, 5.41) is 0. The van der Waals surface area contributed by atoms with Crippen molar-refractivity contribution >= 4 is 5.82 Å². The van der Waals surface area contributed by atoms with Crippen LogP contribution in [0.15, 0.2) is 0 Å². The average Bonchev–Trinajstić information content (AvgIpc) is 2.17. The number of nitrogen functional groups attached to an aromatic ring is 1. The van der Waals surface area contributed by atoms with E-state index in [4.69, 9.17) is 10.5 Å². The molecule has 0 radical (unpaired) electrons. The van der Waals surface area contributed by atoms with Crippen LogP contribution in [0, 0.1) is 6.92 Å². The summed E-state index contributed by atoms with van der Waals surface area (Å²) in [6.07, 6.45) is 3.83. The minimum atomic E-state index is 0.270. The van der Waals surface area contributed by atoms with Gasteiger partial charge < -0.3 is 10.5 Å². The Bertz CT molecular complexity index is 386. The molecule has 0 aromatic carbocycles. The fourth-order valence-corrected chi connectivity index (χ4v) is 1.55. The van der Waals surface area contributed by atoms with Crippen LogP contribution in [0.4, 0.5) is 5.82 Å². The molecule has 0 spiro atoms. The molecule has 1 aromatic heterocycles. The zero-order chi connectivity index (χ0) is 11.7. The zero-order valence-corrected chi connectivity index (χ0v) is 10.2. The van der Waals surface area contributed by atoms with Crippen LogP contribution in [0.3, 0.4) is 0 Å². The Balaban J connectivity index is 2.26. The van der Waals surface area contributed by atoms with Gasteiger partial charge in [-0.25, -0.2) is 4.98 Å². The van der Waals surface area contributed by atoms with E-state index >= 15 is 0 Å². The number of ether oxygens (including phenoxy) is 1. The number of hydrogen-bond donors (Lipinski definition) is 1. The molecule has 2 rings (SSSR count). The number of hydrogen-bond acceptors (Lipinski definition) is 4. The Morgan fingerprint density at radius 3 is 2.50 bits per heavy atom. The SMILES string of the molecule is Cc1c(N)nc(C(C)C)nc1OC1CCC1. The standard InChI is InChI=1S/C12H19N3O/c1-7(2)11-14-10(13)8(3)12(15-11)16-9-5-4-6-9/h7,9H,4-6H2,1-3H3,(H2,13,14,15). The van der Waals surface area contributed by atoms with Crippen molar-refractivity contribution in [2.24, 2.45) is 0 Å². The van der Waals surface area contributed by atoms with Crippen molar-refractivity contribution in [2.45, 2.75) is 52.1 Å². The molecule has 2 N–H and O–H groups in total. The molecule has 0 amide bonds. The van der Waals surface area contributed by atoms with Crippen LogP contribution in [0.25, 0.3) is 0 Å². The number of anilines is 1. The first-order chi connectivity index (χ1) is 7.58. The highest BCUT2D eigenvalue weighted by Crippen LogP contribution is 2.28. The molecule has 0 atom stereocenters. The molecule has 1 saturated carbocycles. The fraction of sp³-hybridized carbons (Fsp3) is 0.667. The second-order valence-electron chi connectivity index (χ2n) is 4.72. The van der Waals surface area contributed by atoms with Crippen LogP contribution >= 0.6 is 0 Å². The normalized spacial score (nSPS) is 16.2. The molecule has 1 aromatic rings. The van der Waals surface area contributed by atoms with Gasteiger partial charge in [0.1, 0.15) is 17.7 Å². The van der Waals surface area contributed by atoms with E-state index in [1.165, 1.54) is 6.42 Å². The first-order valence-electron chi connectivity index (χ1n) is 5.88. The van der Waals surface area contributed by atoms with Gasteiger partial charge in [-0.15, -0.1) is 0 Å². The number of nitrogens with two attached hydrogens (primary N) is 1. The highest BCUT2D eigenvalue weighted by Gasteiger charge is 2.22. The highest BCUT2D eigenvalue weighted by molar-refractivity contribution is 5.44. The van der Waals surface area contributed by atoms with Gasteiger partial charge in [0.2, 0.25) is 5.88 Å². The average molecular weight is 221 g/mol. The van der Waals surface area contributed by atoms with Gasteiger partial charge in [0.25, 0.3) is 0 Å². The summed E-state index contributed by atoms with van der Waals surface area (Å²) in [6.45, 7) is 6.02. The molecule has 0 unspecified atom stereocenters. The third kappa shape index (κ3) is 2.10. The first-order valence-corrected chi connectivity index (χ1v) is 5.88. The van der Waals surface area contributed by atoms with Crippen LogP contribution in [0.5, 0.6) is 5.88 Å². The molecule has 1 aliphatic rings. The quantitative estimate of drug-likeness (QED) is 0.851. The Morgan fingerprint density at radius 1 is 1.31 bits per heavy atom. The van der Waals surface area contributed by atoms with Gasteiger partial charge in [0.05, 0.1) is 5.56 Å². The van der Waals surface area contributed by atoms with Gasteiger partial charge in [-0.3, -0.25) is 0 Å². The third-order valence-electron chi connectivity index (χ3n) is 3.00. The molecule has 88 valence electrons. The van der Waals surface area contributed by atoms with E-state index in [0.29, 0.717) is 17.8 Å². The summed E-state index contributed by atoms with van der Waals surface area (Å²) >= 11 is 0. The minimum Gasteiger partial charge on any atom is -0.474 e. The lowest BCUT2D eigenvalue weighted by Gasteiger charge is -2.26. The Hall–Kier alpha value is -1.32. The Kier molecular flexibility index (Phi) is 2.99. The molecule has 0 aliphatic heterocycles. The van der Waals surface area contributed by atoms with Crippen molar-refractivity contribution in [3.8, 4) is 5.88 Å². The van der Waals surface area contributed by atoms with Crippen molar-refractivity contribution in [3.05, 3.63) is 11.4 Å². The molecule has 1 heterocycles. The number of nitrogens with zero attached hydrogens (tertiary/aromatic N) is 2. The van der Waals surface area contributed by atoms with Crippen LogP contribution in [-0.2, 0) is 0 Å². The lowest BCUT2D eigenvalue weighted by atomic mass is 9.96. The maximum absolute atomic E-state index is 5.86. The molecular formula is C12H19N3O. The summed E-state index contributed by atoms with van der Waals surface area (Å²) in [6, 6.07) is 0. The predicted molar refractivity (Wildman–Crippen MR) is 63.5 cm³/mol. The maximum Gasteiger partial charge on any atom is 0.222 e. The summed E-state index contributed by atoms with van der Waals surface area (Å²) < 4.78 is 5.82. The maximum atomic E-state index is 5.86. The van der Waals surface area contributed by atoms with Crippen LogP contribution in [0.2, 0.25) is 0 Å². The largest absolute Gasteiger partial charge is 0.474 e. The van der Waals surface area contributed by atoms with E-state index in [9.17, 15) is 0 Å². The Labute approximate surface area is 96.2 Å². The monoisotopic (exact) mass is 221 g/mol. The topological polar surface area (TPSA) is 61.0 Å². The number of aromatic nitrogens is 2. The molecule has 1 fully saturated rings. The molecule has 4 heteroatoms. The first kappa shape index (κ1) is 11.2. The molecule has 4 nitrogen and oxygen atoms in total. The van der Waals surface area contributed by atoms with E-state index < -0.39 is 0 Å². The molecule has 0 bridgehead atoms. The van der Waals surface area contributed by atoms with E-state index in [0.717, 1.165) is 24.2 Å². The predicted octanol–water partition coefficient (Wildman–Crippen LogP) is 2.42. The van der Waals surface area contributed by atoms with Crippen molar-refractivity contribution < 1.29 is 4.74 Å². The van der Waals surface area contributed by atoms with Crippen LogP contribution < -0.4 is 10.5 Å². The Morgan fingerprint density at radius 2 is 2.00 bits per heavy atom. The second-order valence-corrected chi connectivity index (χ2v) is 4.72. The summed E-state index contributed by atoms with van der Waals surface area (Å²) in [5.41, 5.74) is 6.72. The number of rotatable bonds is 3. The third-order valence-corrected chi connectivity index (χ3v) is 3.00. The lowest BCUT2D eigenvalue weighted by molar-refractivity contribution is 0.113. The molecule has 0 saturated heterocycles. The zero-order valence-electron chi connectivity index (χ0n) is 10.2. The van der Waals surface area contributed by atoms with Crippen LogP contribution in [0.1, 0.15) is 50.4 Å². The van der Waals surface area contributed by atoms with Crippen molar-refractivity contribution in [1.82, 2.24) is 9.97 Å². The van der Waals surface area contributed by atoms with Gasteiger partial charge in [-0.2, -0.15) is 4.98 Å². The molecule has 16 heavy (non-hydrogen) atoms. The van der Waals surface area contributed by atoms with Crippen molar-refractivity contribution in [1.29, 1.82) is 0 Å². The van der Waals surface area contributed by atoms with E-state index in [1.807, 2.05) is 6.92 Å². The highest BCUT2D eigenvalue weighted by atomic mass is 16.5. The van der Waals surface area contributed by atoms with E-state index in [-0.39, 0.29) is 5.92 Å². The molecular weight excluding hydrogens is 202 g/mol. The fourth-order valence-electron chi connectivity index (χ4n) is 1.55. The summed E-state index contributed by atoms with van der Waals surface area (Å²) in [5.74, 6) is 2.23. The minimum absolute atomic E-state index is 0.270. The van der Waals surface area contributed by atoms with E-state index in [1.54, 1.807) is 0 Å². The second kappa shape index (κ2) is 4.28. The van der Waals surface area contributed by atoms with E-state index in [2.05, 4.69) is 23.8 Å². The smallest absolute Gasteiger partial charge is 0.222 e. The van der Waals surface area contributed by atoms with Gasteiger partial charge in [-0.05, 0) is 26.2 Å². The van der Waals surface area contributed by atoms with Gasteiger partial charge >= 0.3 is 0 Å². The van der Waals surface area contributed by atoms with Crippen LogP contribution in [-0.4, -0.2) is 16.1 Å². The summed E-state index contributed by atoms with van der Waals surface area (Å²) in [4.78, 5) is 8.71. The van der Waals surface area contributed by atoms with Gasteiger partial charge in [0, 0.05) is 5.92 Å². The van der Waals surface area contributed by atoms with Gasteiger partial charge in [0.15, 0.2) is 0 Å². The van der Waals surface area contributed by atoms with Gasteiger partial charge in [-0.1, -0.05) is 13.8 Å². The molecule has 1 aliphatic carbocycles. The van der Waals surface area contributed by atoms with Crippen molar-refractivity contribution in [3.63, 3.8) is 0 Å². The van der Waals surface area contributed by atoms with Crippen molar-refractivity contribution in [2.75, 3.05) is 5.73 Å². The summed E-state index contributed by atoms with van der Waals surface area (Å²) in [7, 11) is 0.